The summed E-state index contributed by atoms with van der Waals surface area (Å²) in [5.74, 6) is -0.00576. The van der Waals surface area contributed by atoms with Crippen molar-refractivity contribution in [3.05, 3.63) is 77.4 Å². The Morgan fingerprint density at radius 2 is 1.62 bits per heavy atom. The van der Waals surface area contributed by atoms with Crippen molar-refractivity contribution in [2.24, 2.45) is 0 Å². The van der Waals surface area contributed by atoms with Gasteiger partial charge in [0.05, 0.1) is 6.61 Å². The summed E-state index contributed by atoms with van der Waals surface area (Å²) >= 11 is 0. The summed E-state index contributed by atoms with van der Waals surface area (Å²) in [6, 6.07) is 16.6. The van der Waals surface area contributed by atoms with Gasteiger partial charge in [0, 0.05) is 28.2 Å². The average Bonchev–Trinajstić information content (AvgIpc) is 2.89. The van der Waals surface area contributed by atoms with Gasteiger partial charge in [0.1, 0.15) is 5.82 Å². The second-order valence-electron chi connectivity index (χ2n) is 6.31. The lowest BCUT2D eigenvalue weighted by Gasteiger charge is -2.15. The maximum Gasteiger partial charge on any atom is 0.123 e. The van der Waals surface area contributed by atoms with Crippen molar-refractivity contribution < 1.29 is 9.50 Å². The van der Waals surface area contributed by atoms with Crippen LogP contribution in [0.5, 0.6) is 0 Å². The van der Waals surface area contributed by atoms with E-state index in [-0.39, 0.29) is 18.3 Å². The standard InChI is InChI=1S/C21H22FNO/c1-14(2)21-19(13-24)20(16-9-11-17(22)12-10-16)15(3)23(21)18-7-5-4-6-8-18/h4-12,14,24H,13H2,1-3H3. The molecule has 0 fully saturated rings. The number of aromatic nitrogens is 1. The minimum absolute atomic E-state index is 0.0408. The molecule has 3 heteroatoms. The van der Waals surface area contributed by atoms with Crippen molar-refractivity contribution in [3.63, 3.8) is 0 Å². The van der Waals surface area contributed by atoms with Crippen molar-refractivity contribution in [2.45, 2.75) is 33.3 Å². The van der Waals surface area contributed by atoms with E-state index in [1.54, 1.807) is 12.1 Å². The Balaban J connectivity index is 2.33. The van der Waals surface area contributed by atoms with Gasteiger partial charge in [-0.3, -0.25) is 0 Å². The highest BCUT2D eigenvalue weighted by molar-refractivity contribution is 5.73. The second-order valence-corrected chi connectivity index (χ2v) is 6.31. The van der Waals surface area contributed by atoms with Crippen molar-refractivity contribution in [2.75, 3.05) is 0 Å². The number of rotatable bonds is 4. The zero-order chi connectivity index (χ0) is 17.3. The first-order chi connectivity index (χ1) is 11.5. The van der Waals surface area contributed by atoms with E-state index in [1.165, 1.54) is 12.1 Å². The molecule has 2 nitrogen and oxygen atoms in total. The second kappa shape index (κ2) is 6.62. The number of hydrogen-bond donors (Lipinski definition) is 1. The Labute approximate surface area is 142 Å². The van der Waals surface area contributed by atoms with Crippen LogP contribution in [0.4, 0.5) is 4.39 Å². The van der Waals surface area contributed by atoms with Crippen molar-refractivity contribution >= 4 is 0 Å². The van der Waals surface area contributed by atoms with Gasteiger partial charge in [0.2, 0.25) is 0 Å². The van der Waals surface area contributed by atoms with Gasteiger partial charge in [-0.1, -0.05) is 44.2 Å². The number of benzene rings is 2. The molecule has 0 aliphatic heterocycles. The third-order valence-electron chi connectivity index (χ3n) is 4.40. The lowest BCUT2D eigenvalue weighted by atomic mass is 9.97. The molecule has 0 aliphatic carbocycles. The molecule has 1 aromatic heterocycles. The Hall–Kier alpha value is -2.39. The number of para-hydroxylation sites is 1. The minimum Gasteiger partial charge on any atom is -0.392 e. The van der Waals surface area contributed by atoms with Crippen molar-refractivity contribution in [1.29, 1.82) is 0 Å². The molecular weight excluding hydrogens is 301 g/mol. The van der Waals surface area contributed by atoms with E-state index >= 15 is 0 Å². The molecule has 2 aromatic carbocycles. The van der Waals surface area contributed by atoms with E-state index in [2.05, 4.69) is 37.5 Å². The zero-order valence-electron chi connectivity index (χ0n) is 14.3. The number of aliphatic hydroxyl groups excluding tert-OH is 1. The van der Waals surface area contributed by atoms with Crippen LogP contribution in [0.25, 0.3) is 16.8 Å². The number of halogens is 1. The molecular formula is C21H22FNO. The zero-order valence-corrected chi connectivity index (χ0v) is 14.3. The first-order valence-corrected chi connectivity index (χ1v) is 8.21. The van der Waals surface area contributed by atoms with E-state index in [4.69, 9.17) is 0 Å². The third-order valence-corrected chi connectivity index (χ3v) is 4.40. The first kappa shape index (κ1) is 16.5. The number of aliphatic hydroxyl groups is 1. The summed E-state index contributed by atoms with van der Waals surface area (Å²) in [7, 11) is 0. The van der Waals surface area contributed by atoms with Gasteiger partial charge in [-0.25, -0.2) is 4.39 Å². The van der Waals surface area contributed by atoms with Gasteiger partial charge >= 0.3 is 0 Å². The molecule has 0 radical (unpaired) electrons. The van der Waals surface area contributed by atoms with Crippen LogP contribution >= 0.6 is 0 Å². The summed E-state index contributed by atoms with van der Waals surface area (Å²) in [6.45, 7) is 6.27. The SMILES string of the molecule is Cc1c(-c2ccc(F)cc2)c(CO)c(C(C)C)n1-c1ccccc1. The minimum atomic E-state index is -0.256. The highest BCUT2D eigenvalue weighted by Gasteiger charge is 2.23. The van der Waals surface area contributed by atoms with Gasteiger partial charge in [-0.05, 0) is 42.7 Å². The maximum absolute atomic E-state index is 13.3. The highest BCUT2D eigenvalue weighted by atomic mass is 19.1. The molecule has 0 unspecified atom stereocenters. The normalized spacial score (nSPS) is 11.2. The molecule has 0 aliphatic rings. The van der Waals surface area contributed by atoms with Gasteiger partial charge in [0.15, 0.2) is 0 Å². The van der Waals surface area contributed by atoms with E-state index in [0.717, 1.165) is 33.8 Å². The number of hydrogen-bond acceptors (Lipinski definition) is 1. The molecule has 24 heavy (non-hydrogen) atoms. The van der Waals surface area contributed by atoms with Crippen molar-refractivity contribution in [1.82, 2.24) is 4.57 Å². The van der Waals surface area contributed by atoms with Crippen LogP contribution in [0.2, 0.25) is 0 Å². The van der Waals surface area contributed by atoms with Crippen LogP contribution in [0.15, 0.2) is 54.6 Å². The smallest absolute Gasteiger partial charge is 0.123 e. The molecule has 0 saturated carbocycles. The predicted molar refractivity (Wildman–Crippen MR) is 95.9 cm³/mol. The van der Waals surface area contributed by atoms with Crippen LogP contribution in [0.1, 0.15) is 36.7 Å². The molecule has 1 N–H and O–H groups in total. The largest absolute Gasteiger partial charge is 0.392 e. The molecule has 0 bridgehead atoms. The lowest BCUT2D eigenvalue weighted by Crippen LogP contribution is -2.05. The Kier molecular flexibility index (Phi) is 4.54. The van der Waals surface area contributed by atoms with E-state index in [1.807, 2.05) is 18.2 Å². The van der Waals surface area contributed by atoms with E-state index in [9.17, 15) is 9.50 Å². The monoisotopic (exact) mass is 323 g/mol. The van der Waals surface area contributed by atoms with Gasteiger partial charge < -0.3 is 9.67 Å². The Morgan fingerprint density at radius 1 is 1.00 bits per heavy atom. The lowest BCUT2D eigenvalue weighted by molar-refractivity contribution is 0.280. The molecule has 0 saturated heterocycles. The van der Waals surface area contributed by atoms with Crippen molar-refractivity contribution in [3.8, 4) is 16.8 Å². The van der Waals surface area contributed by atoms with Gasteiger partial charge in [0.25, 0.3) is 0 Å². The Bertz CT molecular complexity index is 833. The third kappa shape index (κ3) is 2.76. The molecule has 0 spiro atoms. The van der Waals surface area contributed by atoms with Crippen LogP contribution in [0.3, 0.4) is 0 Å². The predicted octanol–water partition coefficient (Wildman–Crippen LogP) is 5.21. The summed E-state index contributed by atoms with van der Waals surface area (Å²) in [5.41, 5.74) is 6.06. The highest BCUT2D eigenvalue weighted by Crippen LogP contribution is 2.38. The topological polar surface area (TPSA) is 25.2 Å². The molecule has 0 amide bonds. The maximum atomic E-state index is 13.3. The molecule has 124 valence electrons. The van der Waals surface area contributed by atoms with Gasteiger partial charge in [-0.2, -0.15) is 0 Å². The fourth-order valence-electron chi connectivity index (χ4n) is 3.45. The molecule has 3 aromatic rings. The molecule has 0 atom stereocenters. The van der Waals surface area contributed by atoms with Crippen LogP contribution < -0.4 is 0 Å². The Morgan fingerprint density at radius 3 is 2.17 bits per heavy atom. The summed E-state index contributed by atoms with van der Waals surface area (Å²) in [5, 5.41) is 10.1. The van der Waals surface area contributed by atoms with Crippen LogP contribution in [0, 0.1) is 12.7 Å². The van der Waals surface area contributed by atoms with Crippen LogP contribution in [-0.4, -0.2) is 9.67 Å². The molecule has 3 rings (SSSR count). The fraction of sp³-hybridized carbons (Fsp3) is 0.238. The summed E-state index contributed by atoms with van der Waals surface area (Å²) < 4.78 is 15.5. The quantitative estimate of drug-likeness (QED) is 0.701. The molecule has 1 heterocycles. The average molecular weight is 323 g/mol. The van der Waals surface area contributed by atoms with E-state index in [0.29, 0.717) is 0 Å². The van der Waals surface area contributed by atoms with Crippen LogP contribution in [-0.2, 0) is 6.61 Å². The van der Waals surface area contributed by atoms with Gasteiger partial charge in [-0.15, -0.1) is 0 Å². The fourth-order valence-corrected chi connectivity index (χ4v) is 3.45. The summed E-state index contributed by atoms with van der Waals surface area (Å²) in [4.78, 5) is 0. The summed E-state index contributed by atoms with van der Waals surface area (Å²) in [6.07, 6.45) is 0. The first-order valence-electron chi connectivity index (χ1n) is 8.21. The number of nitrogens with zero attached hydrogens (tertiary/aromatic N) is 1. The van der Waals surface area contributed by atoms with E-state index < -0.39 is 0 Å².